The minimum Gasteiger partial charge on any atom is -0.493 e. The molecular formula is C26H30N2O3. The first-order chi connectivity index (χ1) is 15.1. The van der Waals surface area contributed by atoms with Crippen molar-refractivity contribution in [3.8, 4) is 11.5 Å². The smallest absolute Gasteiger partial charge is 0.237 e. The molecule has 0 heterocycles. The van der Waals surface area contributed by atoms with E-state index in [1.807, 2.05) is 97.7 Å². The molecule has 0 radical (unpaired) electrons. The zero-order valence-corrected chi connectivity index (χ0v) is 18.4. The van der Waals surface area contributed by atoms with Crippen LogP contribution in [0.3, 0.4) is 0 Å². The monoisotopic (exact) mass is 418 g/mol. The van der Waals surface area contributed by atoms with E-state index in [1.165, 1.54) is 0 Å². The molecule has 0 aliphatic heterocycles. The number of methoxy groups -OCH3 is 1. The second-order valence-corrected chi connectivity index (χ2v) is 7.55. The Balaban J connectivity index is 1.55. The second-order valence-electron chi connectivity index (χ2n) is 7.55. The van der Waals surface area contributed by atoms with Gasteiger partial charge in [-0.2, -0.15) is 0 Å². The second kappa shape index (κ2) is 11.2. The molecule has 5 heteroatoms. The number of rotatable bonds is 10. The summed E-state index contributed by atoms with van der Waals surface area (Å²) in [7, 11) is 3.58. The summed E-state index contributed by atoms with van der Waals surface area (Å²) in [5, 5.41) is 3.00. The van der Waals surface area contributed by atoms with Crippen molar-refractivity contribution in [3.63, 3.8) is 0 Å². The summed E-state index contributed by atoms with van der Waals surface area (Å²) in [6, 6.07) is 25.6. The molecule has 3 rings (SSSR count). The minimum absolute atomic E-state index is 0.00105. The number of hydrogen-bond acceptors (Lipinski definition) is 4. The van der Waals surface area contributed by atoms with Crippen LogP contribution < -0.4 is 14.8 Å². The van der Waals surface area contributed by atoms with Gasteiger partial charge in [0.25, 0.3) is 0 Å². The summed E-state index contributed by atoms with van der Waals surface area (Å²) in [4.78, 5) is 14.6. The molecule has 3 aromatic carbocycles. The lowest BCUT2D eigenvalue weighted by atomic mass is 10.1. The zero-order chi connectivity index (χ0) is 22.1. The SMILES string of the molecule is COc1cc(CN(C)[C@@H](C)C(=O)NCc2ccccc2)ccc1OCc1ccccc1. The third-order valence-corrected chi connectivity index (χ3v) is 5.25. The molecule has 0 fully saturated rings. The van der Waals surface area contributed by atoms with Gasteiger partial charge in [0.1, 0.15) is 6.61 Å². The van der Waals surface area contributed by atoms with Crippen LogP contribution in [0.5, 0.6) is 11.5 Å². The van der Waals surface area contributed by atoms with Gasteiger partial charge in [0.15, 0.2) is 11.5 Å². The molecule has 0 unspecified atom stereocenters. The van der Waals surface area contributed by atoms with Crippen LogP contribution >= 0.6 is 0 Å². The van der Waals surface area contributed by atoms with Crippen LogP contribution in [0.2, 0.25) is 0 Å². The number of amides is 1. The van der Waals surface area contributed by atoms with Crippen LogP contribution in [0.4, 0.5) is 0 Å². The van der Waals surface area contributed by atoms with Crippen molar-refractivity contribution in [2.75, 3.05) is 14.2 Å². The van der Waals surface area contributed by atoms with E-state index in [2.05, 4.69) is 5.32 Å². The van der Waals surface area contributed by atoms with Gasteiger partial charge in [0.05, 0.1) is 13.2 Å². The van der Waals surface area contributed by atoms with Gasteiger partial charge in [0.2, 0.25) is 5.91 Å². The first-order valence-corrected chi connectivity index (χ1v) is 10.4. The summed E-state index contributed by atoms with van der Waals surface area (Å²) in [5.74, 6) is 1.38. The molecule has 0 spiro atoms. The number of ether oxygens (including phenoxy) is 2. The fourth-order valence-electron chi connectivity index (χ4n) is 3.22. The number of carbonyl (C=O) groups excluding carboxylic acids is 1. The van der Waals surface area contributed by atoms with Gasteiger partial charge in [-0.3, -0.25) is 9.69 Å². The fourth-order valence-corrected chi connectivity index (χ4v) is 3.22. The normalized spacial score (nSPS) is 11.7. The van der Waals surface area contributed by atoms with E-state index in [4.69, 9.17) is 9.47 Å². The molecule has 3 aromatic rings. The summed E-state index contributed by atoms with van der Waals surface area (Å²) >= 11 is 0. The zero-order valence-electron chi connectivity index (χ0n) is 18.4. The van der Waals surface area contributed by atoms with E-state index in [1.54, 1.807) is 7.11 Å². The standard InChI is InChI=1S/C26H30N2O3/c1-20(26(29)27-17-21-10-6-4-7-11-21)28(2)18-23-14-15-24(25(16-23)30-3)31-19-22-12-8-5-9-13-22/h4-16,20H,17-19H2,1-3H3,(H,27,29)/t20-/m0/s1. The van der Waals surface area contributed by atoms with E-state index in [0.29, 0.717) is 31.2 Å². The Hall–Kier alpha value is -3.31. The number of carbonyl (C=O) groups is 1. The Morgan fingerprint density at radius 3 is 2.19 bits per heavy atom. The van der Waals surface area contributed by atoms with Crippen molar-refractivity contribution in [1.82, 2.24) is 10.2 Å². The third-order valence-electron chi connectivity index (χ3n) is 5.25. The third kappa shape index (κ3) is 6.59. The van der Waals surface area contributed by atoms with Crippen LogP contribution in [0.15, 0.2) is 78.9 Å². The summed E-state index contributed by atoms with van der Waals surface area (Å²) in [6.45, 7) is 3.54. The van der Waals surface area contributed by atoms with Crippen molar-refractivity contribution in [1.29, 1.82) is 0 Å². The highest BCUT2D eigenvalue weighted by Crippen LogP contribution is 2.29. The molecule has 31 heavy (non-hydrogen) atoms. The van der Waals surface area contributed by atoms with Gasteiger partial charge in [-0.15, -0.1) is 0 Å². The van der Waals surface area contributed by atoms with Crippen molar-refractivity contribution >= 4 is 5.91 Å². The van der Waals surface area contributed by atoms with Crippen molar-refractivity contribution < 1.29 is 14.3 Å². The van der Waals surface area contributed by atoms with Crippen molar-refractivity contribution in [3.05, 3.63) is 95.6 Å². The molecule has 0 aliphatic rings. The molecule has 0 saturated carbocycles. The quantitative estimate of drug-likeness (QED) is 0.530. The maximum Gasteiger partial charge on any atom is 0.237 e. The van der Waals surface area contributed by atoms with Crippen molar-refractivity contribution in [2.45, 2.75) is 32.7 Å². The van der Waals surface area contributed by atoms with E-state index >= 15 is 0 Å². The molecule has 1 atom stereocenters. The molecular weight excluding hydrogens is 388 g/mol. The Labute approximate surface area is 184 Å². The van der Waals surface area contributed by atoms with Crippen LogP contribution in [-0.2, 0) is 24.5 Å². The maximum atomic E-state index is 12.5. The number of benzene rings is 3. The average molecular weight is 419 g/mol. The van der Waals surface area contributed by atoms with Gasteiger partial charge >= 0.3 is 0 Å². The summed E-state index contributed by atoms with van der Waals surface area (Å²) in [5.41, 5.74) is 3.24. The predicted molar refractivity (Wildman–Crippen MR) is 123 cm³/mol. The molecule has 1 amide bonds. The van der Waals surface area contributed by atoms with E-state index in [9.17, 15) is 4.79 Å². The first kappa shape index (κ1) is 22.4. The largest absolute Gasteiger partial charge is 0.493 e. The number of nitrogens with one attached hydrogen (secondary N) is 1. The first-order valence-electron chi connectivity index (χ1n) is 10.4. The Morgan fingerprint density at radius 2 is 1.55 bits per heavy atom. The van der Waals surface area contributed by atoms with Crippen LogP contribution in [-0.4, -0.2) is 31.0 Å². The number of nitrogens with zero attached hydrogens (tertiary/aromatic N) is 1. The number of hydrogen-bond donors (Lipinski definition) is 1. The Bertz CT molecular complexity index is 961. The highest BCUT2D eigenvalue weighted by molar-refractivity contribution is 5.81. The lowest BCUT2D eigenvalue weighted by molar-refractivity contribution is -0.125. The average Bonchev–Trinajstić information content (AvgIpc) is 2.82. The molecule has 162 valence electrons. The summed E-state index contributed by atoms with van der Waals surface area (Å²) < 4.78 is 11.5. The van der Waals surface area contributed by atoms with E-state index < -0.39 is 0 Å². The molecule has 0 bridgehead atoms. The Kier molecular flexibility index (Phi) is 8.07. The lowest BCUT2D eigenvalue weighted by Crippen LogP contribution is -2.42. The van der Waals surface area contributed by atoms with Gasteiger partial charge < -0.3 is 14.8 Å². The number of likely N-dealkylation sites (N-methyl/N-ethyl adjacent to an activating group) is 1. The minimum atomic E-state index is -0.260. The molecule has 1 N–H and O–H groups in total. The molecule has 0 saturated heterocycles. The van der Waals surface area contributed by atoms with Crippen molar-refractivity contribution in [2.24, 2.45) is 0 Å². The maximum absolute atomic E-state index is 12.5. The van der Waals surface area contributed by atoms with Gasteiger partial charge in [-0.05, 0) is 42.8 Å². The highest BCUT2D eigenvalue weighted by Gasteiger charge is 2.18. The lowest BCUT2D eigenvalue weighted by Gasteiger charge is -2.24. The topological polar surface area (TPSA) is 50.8 Å². The van der Waals surface area contributed by atoms with Gasteiger partial charge in [0, 0.05) is 13.1 Å². The van der Waals surface area contributed by atoms with Crippen LogP contribution in [0.1, 0.15) is 23.6 Å². The predicted octanol–water partition coefficient (Wildman–Crippen LogP) is 4.41. The van der Waals surface area contributed by atoms with E-state index in [0.717, 1.165) is 16.7 Å². The van der Waals surface area contributed by atoms with Gasteiger partial charge in [-0.1, -0.05) is 66.7 Å². The fraction of sp³-hybridized carbons (Fsp3) is 0.269. The van der Waals surface area contributed by atoms with Gasteiger partial charge in [-0.25, -0.2) is 0 Å². The highest BCUT2D eigenvalue weighted by atomic mass is 16.5. The van der Waals surface area contributed by atoms with Crippen LogP contribution in [0.25, 0.3) is 0 Å². The molecule has 5 nitrogen and oxygen atoms in total. The Morgan fingerprint density at radius 1 is 0.903 bits per heavy atom. The molecule has 0 aromatic heterocycles. The van der Waals surface area contributed by atoms with E-state index in [-0.39, 0.29) is 11.9 Å². The molecule has 0 aliphatic carbocycles. The summed E-state index contributed by atoms with van der Waals surface area (Å²) in [6.07, 6.45) is 0. The van der Waals surface area contributed by atoms with Crippen LogP contribution in [0, 0.1) is 0 Å².